The molecule has 0 saturated carbocycles. The molecular weight excluding hydrogens is 382 g/mol. The number of likely N-dealkylation sites (tertiary alicyclic amines) is 1. The van der Waals surface area contributed by atoms with Crippen molar-refractivity contribution < 1.29 is 28.4 Å². The molecular formula is C18H15N5O6. The second kappa shape index (κ2) is 7.26. The molecule has 1 aromatic heterocycles. The van der Waals surface area contributed by atoms with Crippen molar-refractivity contribution in [2.75, 3.05) is 10.2 Å². The molecule has 1 aromatic carbocycles. The average molecular weight is 397 g/mol. The van der Waals surface area contributed by atoms with E-state index in [1.165, 1.54) is 24.3 Å². The van der Waals surface area contributed by atoms with Crippen LogP contribution in [0, 0.1) is 0 Å². The third kappa shape index (κ3) is 3.61. The lowest BCUT2D eigenvalue weighted by Gasteiger charge is -2.13. The number of nitrogens with one attached hydrogen (secondary N) is 1. The highest BCUT2D eigenvalue weighted by Gasteiger charge is 2.31. The Labute approximate surface area is 163 Å². The Balaban J connectivity index is 1.40. The van der Waals surface area contributed by atoms with Gasteiger partial charge in [-0.2, -0.15) is 0 Å². The largest absolute Gasteiger partial charge is 0.406 e. The van der Waals surface area contributed by atoms with E-state index in [0.717, 1.165) is 9.80 Å². The summed E-state index contributed by atoms with van der Waals surface area (Å²) in [5, 5.41) is 9.82. The first-order chi connectivity index (χ1) is 13.9. The summed E-state index contributed by atoms with van der Waals surface area (Å²) in [5.74, 6) is -1.70. The number of carbonyl (C=O) groups excluding carboxylic acids is 5. The highest BCUT2D eigenvalue weighted by molar-refractivity contribution is 6.20. The molecule has 0 spiro atoms. The van der Waals surface area contributed by atoms with Gasteiger partial charge in [-0.05, 0) is 24.3 Å². The fourth-order valence-corrected chi connectivity index (χ4v) is 3.10. The quantitative estimate of drug-likeness (QED) is 0.724. The van der Waals surface area contributed by atoms with E-state index in [9.17, 15) is 24.0 Å². The molecule has 2 fully saturated rings. The summed E-state index contributed by atoms with van der Waals surface area (Å²) in [5.41, 5.74) is 0.645. The summed E-state index contributed by atoms with van der Waals surface area (Å²) in [4.78, 5) is 61.2. The van der Waals surface area contributed by atoms with E-state index in [4.69, 9.17) is 4.42 Å². The number of amides is 5. The highest BCUT2D eigenvalue weighted by atomic mass is 16.4. The Morgan fingerprint density at radius 1 is 0.897 bits per heavy atom. The molecule has 1 N–H and O–H groups in total. The molecule has 0 aliphatic carbocycles. The molecule has 0 radical (unpaired) electrons. The molecule has 4 rings (SSSR count). The maximum atomic E-state index is 12.3. The highest BCUT2D eigenvalue weighted by Crippen LogP contribution is 2.23. The predicted molar refractivity (Wildman–Crippen MR) is 95.2 cm³/mol. The molecule has 2 aliphatic rings. The number of benzene rings is 1. The lowest BCUT2D eigenvalue weighted by molar-refractivity contribution is -0.139. The second-order valence-electron chi connectivity index (χ2n) is 6.50. The first-order valence-corrected chi connectivity index (χ1v) is 8.85. The van der Waals surface area contributed by atoms with Crippen LogP contribution in [0.5, 0.6) is 0 Å². The molecule has 29 heavy (non-hydrogen) atoms. The topological polar surface area (TPSA) is 143 Å². The molecule has 11 nitrogen and oxygen atoms in total. The van der Waals surface area contributed by atoms with Gasteiger partial charge in [-0.1, -0.05) is 5.10 Å². The Bertz CT molecular complexity index is 996. The van der Waals surface area contributed by atoms with Crippen LogP contribution in [0.2, 0.25) is 0 Å². The standard InChI is InChI=1S/C18H15N5O6/c24-13-5-6-14(25)22(13)9-12-20-21-18(29-12)19-17(28)10-1-3-11(4-2-10)23-15(26)7-8-16(23)27/h1-4H,5-9H2,(H,19,21,28). The predicted octanol–water partition coefficient (Wildman–Crippen LogP) is 0.624. The minimum atomic E-state index is -0.542. The van der Waals surface area contributed by atoms with Crippen molar-refractivity contribution in [3.8, 4) is 0 Å². The number of aromatic nitrogens is 2. The Kier molecular flexibility index (Phi) is 4.63. The molecule has 2 aliphatic heterocycles. The zero-order chi connectivity index (χ0) is 20.5. The second-order valence-corrected chi connectivity index (χ2v) is 6.50. The molecule has 0 bridgehead atoms. The SMILES string of the molecule is O=C(Nc1nnc(CN2C(=O)CCC2=O)o1)c1ccc(N2C(=O)CCC2=O)cc1. The van der Waals surface area contributed by atoms with E-state index >= 15 is 0 Å². The summed E-state index contributed by atoms with van der Waals surface area (Å²) in [6, 6.07) is 5.74. The summed E-state index contributed by atoms with van der Waals surface area (Å²) in [7, 11) is 0. The van der Waals surface area contributed by atoms with Crippen LogP contribution in [-0.4, -0.2) is 44.6 Å². The van der Waals surface area contributed by atoms with Crippen LogP contribution in [0.15, 0.2) is 28.7 Å². The van der Waals surface area contributed by atoms with E-state index in [0.29, 0.717) is 5.69 Å². The van der Waals surface area contributed by atoms with E-state index in [1.54, 1.807) is 0 Å². The Morgan fingerprint density at radius 2 is 1.48 bits per heavy atom. The van der Waals surface area contributed by atoms with Gasteiger partial charge in [0.1, 0.15) is 6.54 Å². The molecule has 3 heterocycles. The minimum absolute atomic E-state index is 0.0188. The van der Waals surface area contributed by atoms with Crippen LogP contribution in [0.4, 0.5) is 11.7 Å². The molecule has 148 valence electrons. The van der Waals surface area contributed by atoms with Gasteiger partial charge < -0.3 is 4.42 Å². The fraction of sp³-hybridized carbons (Fsp3) is 0.278. The monoisotopic (exact) mass is 397 g/mol. The van der Waals surface area contributed by atoms with Gasteiger partial charge in [0.25, 0.3) is 5.91 Å². The van der Waals surface area contributed by atoms with Crippen molar-refractivity contribution >= 4 is 41.2 Å². The smallest absolute Gasteiger partial charge is 0.322 e. The lowest BCUT2D eigenvalue weighted by atomic mass is 10.2. The van der Waals surface area contributed by atoms with E-state index in [1.807, 2.05) is 0 Å². The van der Waals surface area contributed by atoms with Crippen molar-refractivity contribution in [1.29, 1.82) is 0 Å². The van der Waals surface area contributed by atoms with E-state index < -0.39 is 5.91 Å². The summed E-state index contributed by atoms with van der Waals surface area (Å²) in [6.07, 6.45) is 0.659. The fourth-order valence-electron chi connectivity index (χ4n) is 3.10. The molecule has 0 atom stereocenters. The van der Waals surface area contributed by atoms with Gasteiger partial charge >= 0.3 is 6.01 Å². The number of anilines is 2. The Morgan fingerprint density at radius 3 is 2.10 bits per heavy atom. The molecule has 2 saturated heterocycles. The molecule has 2 aromatic rings. The zero-order valence-corrected chi connectivity index (χ0v) is 15.1. The lowest BCUT2D eigenvalue weighted by Crippen LogP contribution is -2.28. The maximum absolute atomic E-state index is 12.3. The number of imide groups is 2. The number of rotatable bonds is 5. The van der Waals surface area contributed by atoms with Crippen LogP contribution in [0.1, 0.15) is 41.9 Å². The van der Waals surface area contributed by atoms with Gasteiger partial charge in [0, 0.05) is 31.2 Å². The van der Waals surface area contributed by atoms with Gasteiger partial charge in [0.05, 0.1) is 5.69 Å². The van der Waals surface area contributed by atoms with Crippen LogP contribution >= 0.6 is 0 Å². The zero-order valence-electron chi connectivity index (χ0n) is 15.1. The summed E-state index contributed by atoms with van der Waals surface area (Å²) in [6.45, 7) is -0.146. The third-order valence-corrected chi connectivity index (χ3v) is 4.57. The van der Waals surface area contributed by atoms with E-state index in [-0.39, 0.29) is 73.3 Å². The van der Waals surface area contributed by atoms with Gasteiger partial charge in [-0.25, -0.2) is 0 Å². The maximum Gasteiger partial charge on any atom is 0.322 e. The van der Waals surface area contributed by atoms with Crippen molar-refractivity contribution in [3.63, 3.8) is 0 Å². The van der Waals surface area contributed by atoms with Gasteiger partial charge in [0.2, 0.25) is 29.5 Å². The number of hydrogen-bond donors (Lipinski definition) is 1. The van der Waals surface area contributed by atoms with Crippen molar-refractivity contribution in [2.24, 2.45) is 0 Å². The summed E-state index contributed by atoms with van der Waals surface area (Å²) < 4.78 is 5.27. The molecule has 0 unspecified atom stereocenters. The van der Waals surface area contributed by atoms with Crippen molar-refractivity contribution in [2.45, 2.75) is 32.2 Å². The van der Waals surface area contributed by atoms with Crippen LogP contribution in [0.3, 0.4) is 0 Å². The Hall–Kier alpha value is -3.89. The van der Waals surface area contributed by atoms with Gasteiger partial charge in [-0.3, -0.25) is 39.1 Å². The van der Waals surface area contributed by atoms with Crippen LogP contribution in [0.25, 0.3) is 0 Å². The van der Waals surface area contributed by atoms with Crippen LogP contribution < -0.4 is 10.2 Å². The van der Waals surface area contributed by atoms with Gasteiger partial charge in [0.15, 0.2) is 0 Å². The molecule has 11 heteroatoms. The number of carbonyl (C=O) groups is 5. The first kappa shape index (κ1) is 18.5. The van der Waals surface area contributed by atoms with Crippen molar-refractivity contribution in [1.82, 2.24) is 15.1 Å². The molecule has 5 amide bonds. The van der Waals surface area contributed by atoms with Gasteiger partial charge in [-0.15, -0.1) is 5.10 Å². The first-order valence-electron chi connectivity index (χ1n) is 8.85. The minimum Gasteiger partial charge on any atom is -0.406 e. The van der Waals surface area contributed by atoms with E-state index in [2.05, 4.69) is 15.5 Å². The average Bonchev–Trinajstić information content (AvgIpc) is 3.38. The third-order valence-electron chi connectivity index (χ3n) is 4.57. The van der Waals surface area contributed by atoms with Crippen LogP contribution in [-0.2, 0) is 25.7 Å². The normalized spacial score (nSPS) is 16.8. The number of nitrogens with zero attached hydrogens (tertiary/aromatic N) is 4. The summed E-state index contributed by atoms with van der Waals surface area (Å²) >= 11 is 0. The number of hydrogen-bond acceptors (Lipinski definition) is 8. The van der Waals surface area contributed by atoms with Crippen molar-refractivity contribution in [3.05, 3.63) is 35.7 Å².